The highest BCUT2D eigenvalue weighted by molar-refractivity contribution is 7.17. The first-order chi connectivity index (χ1) is 12.3. The Morgan fingerprint density at radius 3 is 2.58 bits per heavy atom. The van der Waals surface area contributed by atoms with Gasteiger partial charge in [-0.15, -0.1) is 11.3 Å². The van der Waals surface area contributed by atoms with E-state index >= 15 is 0 Å². The average Bonchev–Trinajstić information content (AvgIpc) is 3.03. The first-order valence-corrected chi connectivity index (χ1v) is 9.53. The fourth-order valence-corrected chi connectivity index (χ4v) is 3.89. The van der Waals surface area contributed by atoms with Crippen molar-refractivity contribution in [1.29, 1.82) is 0 Å². The van der Waals surface area contributed by atoms with Gasteiger partial charge < -0.3 is 5.11 Å². The van der Waals surface area contributed by atoms with Gasteiger partial charge in [0.25, 0.3) is 5.56 Å². The molecule has 0 aliphatic heterocycles. The van der Waals surface area contributed by atoms with Crippen molar-refractivity contribution >= 4 is 27.5 Å². The molecule has 0 saturated heterocycles. The molecule has 0 radical (unpaired) electrons. The largest absolute Gasteiger partial charge is 0.481 e. The Bertz CT molecular complexity index is 1000. The minimum atomic E-state index is -1.05. The second-order valence-electron chi connectivity index (χ2n) is 7.05. The third-order valence-corrected chi connectivity index (χ3v) is 5.34. The van der Waals surface area contributed by atoms with Crippen LogP contribution >= 0.6 is 11.3 Å². The van der Waals surface area contributed by atoms with Gasteiger partial charge in [0, 0.05) is 23.9 Å². The summed E-state index contributed by atoms with van der Waals surface area (Å²) in [5, 5.41) is 12.0. The highest BCUT2D eigenvalue weighted by Gasteiger charge is 2.30. The molecule has 3 aromatic rings. The van der Waals surface area contributed by atoms with E-state index in [4.69, 9.17) is 4.98 Å². The van der Waals surface area contributed by atoms with Crippen molar-refractivity contribution < 1.29 is 9.90 Å². The molecule has 0 amide bonds. The molecule has 6 heteroatoms. The molecule has 0 saturated carbocycles. The second-order valence-corrected chi connectivity index (χ2v) is 7.91. The number of thiophene rings is 1. The standard InChI is InChI=1S/C20H22N2O3S/c1-4-8-15-21-17-16(14(11-26-17)13-9-6-5-7-10-13)18(23)22(15)12-20(2,3)19(24)25/h5-7,9-11H,4,8,12H2,1-3H3,(H,24,25). The van der Waals surface area contributed by atoms with Crippen LogP contribution in [0.3, 0.4) is 0 Å². The molecular weight excluding hydrogens is 348 g/mol. The van der Waals surface area contributed by atoms with E-state index in [-0.39, 0.29) is 12.1 Å². The van der Waals surface area contributed by atoms with Crippen LogP contribution in [0.15, 0.2) is 40.5 Å². The lowest BCUT2D eigenvalue weighted by Gasteiger charge is -2.22. The Morgan fingerprint density at radius 1 is 1.27 bits per heavy atom. The average molecular weight is 370 g/mol. The van der Waals surface area contributed by atoms with Gasteiger partial charge in [-0.2, -0.15) is 0 Å². The van der Waals surface area contributed by atoms with Crippen molar-refractivity contribution in [2.45, 2.75) is 40.2 Å². The molecule has 2 aromatic heterocycles. The predicted octanol–water partition coefficient (Wildman–Crippen LogP) is 4.19. The molecular formula is C20H22N2O3S. The zero-order valence-corrected chi connectivity index (χ0v) is 16.0. The fourth-order valence-electron chi connectivity index (χ4n) is 2.94. The van der Waals surface area contributed by atoms with Crippen molar-refractivity contribution in [1.82, 2.24) is 9.55 Å². The van der Waals surface area contributed by atoms with Crippen LogP contribution in [0, 0.1) is 5.41 Å². The van der Waals surface area contributed by atoms with E-state index < -0.39 is 11.4 Å². The van der Waals surface area contributed by atoms with E-state index in [1.807, 2.05) is 42.6 Å². The Labute approximate surface area is 155 Å². The summed E-state index contributed by atoms with van der Waals surface area (Å²) < 4.78 is 1.55. The van der Waals surface area contributed by atoms with Crippen molar-refractivity contribution in [2.75, 3.05) is 0 Å². The third-order valence-electron chi connectivity index (χ3n) is 4.46. The highest BCUT2D eigenvalue weighted by atomic mass is 32.1. The molecule has 1 aromatic carbocycles. The van der Waals surface area contributed by atoms with Gasteiger partial charge in [0.2, 0.25) is 0 Å². The smallest absolute Gasteiger partial charge is 0.310 e. The molecule has 136 valence electrons. The van der Waals surface area contributed by atoms with Crippen LogP contribution in [0.4, 0.5) is 0 Å². The Balaban J connectivity index is 2.25. The number of rotatable bonds is 6. The first kappa shape index (κ1) is 18.3. The Morgan fingerprint density at radius 2 is 1.96 bits per heavy atom. The quantitative estimate of drug-likeness (QED) is 0.706. The number of aliphatic carboxylic acids is 1. The molecule has 3 rings (SSSR count). The second kappa shape index (κ2) is 7.03. The molecule has 0 aliphatic carbocycles. The minimum Gasteiger partial charge on any atom is -0.481 e. The number of nitrogens with zero attached hydrogens (tertiary/aromatic N) is 2. The van der Waals surface area contributed by atoms with Crippen LogP contribution in [-0.2, 0) is 17.8 Å². The number of carboxylic acids is 1. The number of carbonyl (C=O) groups is 1. The number of fused-ring (bicyclic) bond motifs is 1. The monoisotopic (exact) mass is 370 g/mol. The number of hydrogen-bond acceptors (Lipinski definition) is 4. The molecule has 26 heavy (non-hydrogen) atoms. The van der Waals surface area contributed by atoms with Crippen LogP contribution in [-0.4, -0.2) is 20.6 Å². The number of carboxylic acid groups (broad SMARTS) is 1. The molecule has 0 fully saturated rings. The van der Waals surface area contributed by atoms with Gasteiger partial charge in [-0.1, -0.05) is 37.3 Å². The lowest BCUT2D eigenvalue weighted by molar-refractivity contribution is -0.147. The van der Waals surface area contributed by atoms with Crippen LogP contribution in [0.25, 0.3) is 21.3 Å². The van der Waals surface area contributed by atoms with Crippen molar-refractivity contribution in [3.63, 3.8) is 0 Å². The summed E-state index contributed by atoms with van der Waals surface area (Å²) in [6, 6.07) is 9.73. The van der Waals surface area contributed by atoms with Crippen LogP contribution in [0.5, 0.6) is 0 Å². The molecule has 0 aliphatic rings. The van der Waals surface area contributed by atoms with Gasteiger partial charge in [-0.05, 0) is 25.8 Å². The van der Waals surface area contributed by atoms with Gasteiger partial charge in [0.15, 0.2) is 0 Å². The molecule has 0 atom stereocenters. The van der Waals surface area contributed by atoms with Gasteiger partial charge in [0.1, 0.15) is 10.7 Å². The maximum Gasteiger partial charge on any atom is 0.310 e. The number of aromatic nitrogens is 2. The molecule has 0 unspecified atom stereocenters. The normalized spacial score (nSPS) is 11.8. The van der Waals surface area contributed by atoms with E-state index in [2.05, 4.69) is 0 Å². The highest BCUT2D eigenvalue weighted by Crippen LogP contribution is 2.31. The summed E-state index contributed by atoms with van der Waals surface area (Å²) in [4.78, 5) is 30.3. The number of aryl methyl sites for hydroxylation is 1. The van der Waals surface area contributed by atoms with Crippen LogP contribution in [0.1, 0.15) is 33.0 Å². The Kier molecular flexibility index (Phi) is 4.96. The minimum absolute atomic E-state index is 0.101. The van der Waals surface area contributed by atoms with Gasteiger partial charge >= 0.3 is 5.97 Å². The zero-order valence-electron chi connectivity index (χ0n) is 15.2. The van der Waals surface area contributed by atoms with E-state index in [1.54, 1.807) is 18.4 Å². The maximum absolute atomic E-state index is 13.3. The topological polar surface area (TPSA) is 72.2 Å². The van der Waals surface area contributed by atoms with E-state index in [9.17, 15) is 14.7 Å². The van der Waals surface area contributed by atoms with E-state index in [0.29, 0.717) is 22.5 Å². The molecule has 2 heterocycles. The fraction of sp³-hybridized carbons (Fsp3) is 0.350. The van der Waals surface area contributed by atoms with Crippen molar-refractivity contribution in [3.05, 3.63) is 51.9 Å². The van der Waals surface area contributed by atoms with Gasteiger partial charge in [0.05, 0.1) is 10.8 Å². The first-order valence-electron chi connectivity index (χ1n) is 8.65. The summed E-state index contributed by atoms with van der Waals surface area (Å²) in [6.07, 6.45) is 1.47. The van der Waals surface area contributed by atoms with Crippen molar-refractivity contribution in [2.24, 2.45) is 5.41 Å². The van der Waals surface area contributed by atoms with Crippen molar-refractivity contribution in [3.8, 4) is 11.1 Å². The van der Waals surface area contributed by atoms with E-state index in [1.165, 1.54) is 11.3 Å². The van der Waals surface area contributed by atoms with Gasteiger partial charge in [-0.3, -0.25) is 14.2 Å². The van der Waals surface area contributed by atoms with Crippen LogP contribution < -0.4 is 5.56 Å². The predicted molar refractivity (Wildman–Crippen MR) is 105 cm³/mol. The molecule has 1 N–H and O–H groups in total. The summed E-state index contributed by atoms with van der Waals surface area (Å²) >= 11 is 1.46. The Hall–Kier alpha value is -2.47. The summed E-state index contributed by atoms with van der Waals surface area (Å²) in [5.41, 5.74) is 0.607. The molecule has 0 spiro atoms. The third kappa shape index (κ3) is 3.29. The van der Waals surface area contributed by atoms with Crippen LogP contribution in [0.2, 0.25) is 0 Å². The number of hydrogen-bond donors (Lipinski definition) is 1. The maximum atomic E-state index is 13.3. The summed E-state index contributed by atoms with van der Waals surface area (Å²) in [6.45, 7) is 5.39. The summed E-state index contributed by atoms with van der Waals surface area (Å²) in [7, 11) is 0. The van der Waals surface area contributed by atoms with Gasteiger partial charge in [-0.25, -0.2) is 4.98 Å². The zero-order chi connectivity index (χ0) is 18.9. The lowest BCUT2D eigenvalue weighted by atomic mass is 9.93. The molecule has 5 nitrogen and oxygen atoms in total. The SMILES string of the molecule is CCCc1nc2scc(-c3ccccc3)c2c(=O)n1CC(C)(C)C(=O)O. The molecule has 0 bridgehead atoms. The van der Waals surface area contributed by atoms with E-state index in [0.717, 1.165) is 17.5 Å². The lowest BCUT2D eigenvalue weighted by Crippen LogP contribution is -2.36. The number of benzene rings is 1. The summed E-state index contributed by atoms with van der Waals surface area (Å²) in [5.74, 6) is -0.277.